The number of carbonyl (C=O) groups is 2. The molecule has 0 spiro atoms. The predicted molar refractivity (Wildman–Crippen MR) is 94.5 cm³/mol. The van der Waals surface area contributed by atoms with Crippen molar-refractivity contribution < 1.29 is 18.5 Å². The lowest BCUT2D eigenvalue weighted by atomic mass is 10.1. The van der Waals surface area contributed by atoms with Crippen LogP contribution in [0.15, 0.2) is 57.7 Å². The van der Waals surface area contributed by atoms with Gasteiger partial charge in [-0.15, -0.1) is 0 Å². The van der Waals surface area contributed by atoms with E-state index in [1.807, 2.05) is 31.2 Å². The number of carbonyl (C=O) groups excluding carboxylic acids is 2. The van der Waals surface area contributed by atoms with Gasteiger partial charge in [0.05, 0.1) is 12.2 Å². The van der Waals surface area contributed by atoms with Crippen molar-refractivity contribution in [1.82, 2.24) is 5.16 Å². The van der Waals surface area contributed by atoms with E-state index in [1.54, 1.807) is 23.1 Å². The topological polar surface area (TPSA) is 88.6 Å². The summed E-state index contributed by atoms with van der Waals surface area (Å²) in [5, 5.41) is 6.54. The fourth-order valence-corrected chi connectivity index (χ4v) is 2.96. The van der Waals surface area contributed by atoms with E-state index in [0.29, 0.717) is 18.0 Å². The number of rotatable bonds is 4. The van der Waals surface area contributed by atoms with E-state index in [0.717, 1.165) is 11.3 Å². The Morgan fingerprint density at radius 1 is 1.27 bits per heavy atom. The Kier molecular flexibility index (Phi) is 4.04. The standard InChI is InChI=1S/C19H17N3O4/c1-12-4-6-14(7-5-12)22-11-13(9-18(22)23)19(24)20-17-10-15(21-26-17)16-3-2-8-25-16/h2-8,10,13H,9,11H2,1H3,(H,20,24)/t13-/m0/s1. The summed E-state index contributed by atoms with van der Waals surface area (Å²) >= 11 is 0. The van der Waals surface area contributed by atoms with Crippen molar-refractivity contribution in [3.8, 4) is 11.5 Å². The van der Waals surface area contributed by atoms with E-state index >= 15 is 0 Å². The first-order valence-corrected chi connectivity index (χ1v) is 8.28. The predicted octanol–water partition coefficient (Wildman–Crippen LogP) is 3.23. The van der Waals surface area contributed by atoms with Gasteiger partial charge in [-0.05, 0) is 31.2 Å². The van der Waals surface area contributed by atoms with Crippen molar-refractivity contribution in [2.45, 2.75) is 13.3 Å². The molecule has 1 N–H and O–H groups in total. The van der Waals surface area contributed by atoms with Gasteiger partial charge in [-0.25, -0.2) is 0 Å². The highest BCUT2D eigenvalue weighted by Gasteiger charge is 2.35. The molecular weight excluding hydrogens is 334 g/mol. The lowest BCUT2D eigenvalue weighted by molar-refractivity contribution is -0.122. The molecule has 4 rings (SSSR count). The zero-order chi connectivity index (χ0) is 18.1. The van der Waals surface area contributed by atoms with Crippen LogP contribution in [-0.2, 0) is 9.59 Å². The summed E-state index contributed by atoms with van der Waals surface area (Å²) in [7, 11) is 0. The van der Waals surface area contributed by atoms with Crippen LogP contribution in [0.5, 0.6) is 0 Å². The van der Waals surface area contributed by atoms with Crippen LogP contribution in [-0.4, -0.2) is 23.5 Å². The number of nitrogens with zero attached hydrogens (tertiary/aromatic N) is 2. The molecule has 1 saturated heterocycles. The highest BCUT2D eigenvalue weighted by molar-refractivity contribution is 6.03. The van der Waals surface area contributed by atoms with Crippen LogP contribution in [0, 0.1) is 12.8 Å². The summed E-state index contributed by atoms with van der Waals surface area (Å²) in [5.41, 5.74) is 2.41. The summed E-state index contributed by atoms with van der Waals surface area (Å²) in [6.07, 6.45) is 1.70. The van der Waals surface area contributed by atoms with Gasteiger partial charge in [0.25, 0.3) is 0 Å². The third-order valence-electron chi connectivity index (χ3n) is 4.37. The third-order valence-corrected chi connectivity index (χ3v) is 4.37. The molecule has 26 heavy (non-hydrogen) atoms. The van der Waals surface area contributed by atoms with Crippen molar-refractivity contribution in [2.75, 3.05) is 16.8 Å². The Labute approximate surface area is 149 Å². The highest BCUT2D eigenvalue weighted by Crippen LogP contribution is 2.27. The lowest BCUT2D eigenvalue weighted by Crippen LogP contribution is -2.28. The molecule has 0 saturated carbocycles. The average molecular weight is 351 g/mol. The van der Waals surface area contributed by atoms with Crippen LogP contribution in [0.4, 0.5) is 11.6 Å². The van der Waals surface area contributed by atoms with Crippen LogP contribution in [0.1, 0.15) is 12.0 Å². The third kappa shape index (κ3) is 3.11. The molecule has 0 unspecified atom stereocenters. The van der Waals surface area contributed by atoms with Crippen molar-refractivity contribution in [3.63, 3.8) is 0 Å². The molecule has 3 heterocycles. The molecule has 0 aliphatic carbocycles. The van der Waals surface area contributed by atoms with E-state index in [2.05, 4.69) is 10.5 Å². The van der Waals surface area contributed by atoms with Crippen molar-refractivity contribution >= 4 is 23.4 Å². The Morgan fingerprint density at radius 2 is 2.08 bits per heavy atom. The molecule has 1 fully saturated rings. The molecule has 7 nitrogen and oxygen atoms in total. The van der Waals surface area contributed by atoms with Crippen LogP contribution in [0.3, 0.4) is 0 Å². The maximum Gasteiger partial charge on any atom is 0.232 e. The summed E-state index contributed by atoms with van der Waals surface area (Å²) in [6.45, 7) is 2.33. The number of aryl methyl sites for hydroxylation is 1. The molecule has 2 amide bonds. The van der Waals surface area contributed by atoms with E-state index in [1.165, 1.54) is 6.26 Å². The minimum Gasteiger partial charge on any atom is -0.463 e. The molecule has 0 bridgehead atoms. The Balaban J connectivity index is 1.43. The Morgan fingerprint density at radius 3 is 2.81 bits per heavy atom. The van der Waals surface area contributed by atoms with Crippen molar-refractivity contribution in [1.29, 1.82) is 0 Å². The lowest BCUT2D eigenvalue weighted by Gasteiger charge is -2.16. The van der Waals surface area contributed by atoms with Crippen molar-refractivity contribution in [3.05, 3.63) is 54.3 Å². The molecule has 0 radical (unpaired) electrons. The number of anilines is 2. The maximum atomic E-state index is 12.5. The molecule has 132 valence electrons. The van der Waals surface area contributed by atoms with Gasteiger partial charge in [0, 0.05) is 24.7 Å². The zero-order valence-corrected chi connectivity index (χ0v) is 14.1. The first-order chi connectivity index (χ1) is 12.6. The molecule has 7 heteroatoms. The summed E-state index contributed by atoms with van der Waals surface area (Å²) in [4.78, 5) is 26.4. The minimum atomic E-state index is -0.444. The van der Waals surface area contributed by atoms with Crippen molar-refractivity contribution in [2.24, 2.45) is 5.92 Å². The molecule has 3 aromatic rings. The number of aromatic nitrogens is 1. The van der Waals surface area contributed by atoms with Crippen LogP contribution < -0.4 is 10.2 Å². The monoisotopic (exact) mass is 351 g/mol. The van der Waals surface area contributed by atoms with Crippen LogP contribution in [0.25, 0.3) is 11.5 Å². The molecule has 2 aromatic heterocycles. The maximum absolute atomic E-state index is 12.5. The zero-order valence-electron chi connectivity index (χ0n) is 14.1. The first kappa shape index (κ1) is 16.1. The Hall–Kier alpha value is -3.35. The number of benzene rings is 1. The normalized spacial score (nSPS) is 16.9. The molecule has 1 aliphatic rings. The molecule has 1 aliphatic heterocycles. The van der Waals surface area contributed by atoms with E-state index in [9.17, 15) is 9.59 Å². The first-order valence-electron chi connectivity index (χ1n) is 8.28. The van der Waals surface area contributed by atoms with Gasteiger partial charge in [-0.1, -0.05) is 22.9 Å². The van der Waals surface area contributed by atoms with E-state index in [4.69, 9.17) is 8.94 Å². The van der Waals surface area contributed by atoms with Crippen LogP contribution >= 0.6 is 0 Å². The summed E-state index contributed by atoms with van der Waals surface area (Å²) in [5.74, 6) is -0.00241. The number of hydrogen-bond donors (Lipinski definition) is 1. The minimum absolute atomic E-state index is 0.0668. The number of nitrogens with one attached hydrogen (secondary N) is 1. The number of amides is 2. The SMILES string of the molecule is Cc1ccc(N2C[C@@H](C(=O)Nc3cc(-c4ccco4)no3)CC2=O)cc1. The van der Waals surface area contributed by atoms with Gasteiger partial charge < -0.3 is 13.8 Å². The second kappa shape index (κ2) is 6.51. The highest BCUT2D eigenvalue weighted by atomic mass is 16.5. The molecular formula is C19H17N3O4. The Bertz CT molecular complexity index is 928. The fraction of sp³-hybridized carbons (Fsp3) is 0.211. The van der Waals surface area contributed by atoms with Gasteiger partial charge in [-0.2, -0.15) is 0 Å². The molecule has 1 aromatic carbocycles. The quantitative estimate of drug-likeness (QED) is 0.779. The summed E-state index contributed by atoms with van der Waals surface area (Å²) in [6, 6.07) is 12.7. The largest absolute Gasteiger partial charge is 0.463 e. The van der Waals surface area contributed by atoms with Gasteiger partial charge in [0.2, 0.25) is 17.7 Å². The smallest absolute Gasteiger partial charge is 0.232 e. The van der Waals surface area contributed by atoms with Gasteiger partial charge in [0.15, 0.2) is 11.5 Å². The second-order valence-electron chi connectivity index (χ2n) is 6.28. The molecule has 1 atom stereocenters. The second-order valence-corrected chi connectivity index (χ2v) is 6.28. The van der Waals surface area contributed by atoms with E-state index < -0.39 is 5.92 Å². The van der Waals surface area contributed by atoms with Gasteiger partial charge in [0.1, 0.15) is 0 Å². The van der Waals surface area contributed by atoms with Gasteiger partial charge in [-0.3, -0.25) is 14.9 Å². The van der Waals surface area contributed by atoms with Gasteiger partial charge >= 0.3 is 0 Å². The number of hydrogen-bond acceptors (Lipinski definition) is 5. The van der Waals surface area contributed by atoms with Crippen LogP contribution in [0.2, 0.25) is 0 Å². The average Bonchev–Trinajstić information content (AvgIpc) is 3.36. The fourth-order valence-electron chi connectivity index (χ4n) is 2.96. The number of furan rings is 1. The van der Waals surface area contributed by atoms with E-state index in [-0.39, 0.29) is 24.1 Å². The summed E-state index contributed by atoms with van der Waals surface area (Å²) < 4.78 is 10.4.